The van der Waals surface area contributed by atoms with Crippen LogP contribution in [0.2, 0.25) is 0 Å². The Morgan fingerprint density at radius 3 is 2.58 bits per heavy atom. The third-order valence-corrected chi connectivity index (χ3v) is 4.32. The molecule has 0 atom stereocenters. The molecule has 6 nitrogen and oxygen atoms in total. The van der Waals surface area contributed by atoms with E-state index in [1.165, 1.54) is 16.8 Å². The van der Waals surface area contributed by atoms with E-state index >= 15 is 0 Å². The Morgan fingerprint density at radius 2 is 1.92 bits per heavy atom. The maximum absolute atomic E-state index is 11.9. The lowest BCUT2D eigenvalue weighted by Crippen LogP contribution is -2.51. The number of anilines is 1. The van der Waals surface area contributed by atoms with Gasteiger partial charge in [-0.3, -0.25) is 15.0 Å². The van der Waals surface area contributed by atoms with Gasteiger partial charge in [0.15, 0.2) is 0 Å². The van der Waals surface area contributed by atoms with E-state index in [1.54, 1.807) is 6.08 Å². The van der Waals surface area contributed by atoms with Gasteiger partial charge in [-0.15, -0.1) is 6.58 Å². The predicted molar refractivity (Wildman–Crippen MR) is 96.3 cm³/mol. The molecule has 0 aliphatic carbocycles. The van der Waals surface area contributed by atoms with Crippen LogP contribution < -0.4 is 15.5 Å². The van der Waals surface area contributed by atoms with Crippen molar-refractivity contribution in [2.24, 2.45) is 0 Å². The van der Waals surface area contributed by atoms with Crippen molar-refractivity contribution in [2.45, 2.75) is 13.8 Å². The van der Waals surface area contributed by atoms with E-state index in [0.717, 1.165) is 26.2 Å². The van der Waals surface area contributed by atoms with Crippen molar-refractivity contribution in [3.63, 3.8) is 0 Å². The Hall–Kier alpha value is -2.34. The Balaban J connectivity index is 1.80. The molecule has 0 spiro atoms. The zero-order valence-electron chi connectivity index (χ0n) is 14.5. The standard InChI is InChI=1S/C18H26N4O2/c1-4-8-19-18(24)20-17(23)13-21-9-11-22(12-10-21)16-7-5-6-14(2)15(16)3/h4-7H,1,8-13H2,2-3H3,(H2,19,20,23,24). The van der Waals surface area contributed by atoms with Crippen LogP contribution in [-0.4, -0.2) is 56.1 Å². The highest BCUT2D eigenvalue weighted by atomic mass is 16.2. The largest absolute Gasteiger partial charge is 0.369 e. The molecule has 1 fully saturated rings. The minimum atomic E-state index is -0.478. The van der Waals surface area contributed by atoms with E-state index in [-0.39, 0.29) is 12.5 Å². The van der Waals surface area contributed by atoms with Gasteiger partial charge in [0.25, 0.3) is 0 Å². The molecule has 1 aliphatic heterocycles. The van der Waals surface area contributed by atoms with Gasteiger partial charge in [0.2, 0.25) is 5.91 Å². The molecule has 130 valence electrons. The quantitative estimate of drug-likeness (QED) is 0.802. The third-order valence-electron chi connectivity index (χ3n) is 4.32. The fourth-order valence-electron chi connectivity index (χ4n) is 2.80. The molecule has 0 radical (unpaired) electrons. The number of rotatable bonds is 5. The van der Waals surface area contributed by atoms with Crippen LogP contribution in [0.15, 0.2) is 30.9 Å². The monoisotopic (exact) mass is 330 g/mol. The normalized spacial score (nSPS) is 15.0. The summed E-state index contributed by atoms with van der Waals surface area (Å²) in [7, 11) is 0. The van der Waals surface area contributed by atoms with E-state index in [9.17, 15) is 9.59 Å². The number of imide groups is 1. The van der Waals surface area contributed by atoms with Crippen molar-refractivity contribution in [1.82, 2.24) is 15.5 Å². The van der Waals surface area contributed by atoms with Crippen LogP contribution in [0.5, 0.6) is 0 Å². The van der Waals surface area contributed by atoms with E-state index in [2.05, 4.69) is 59.1 Å². The summed E-state index contributed by atoms with van der Waals surface area (Å²) < 4.78 is 0. The topological polar surface area (TPSA) is 64.7 Å². The second-order valence-electron chi connectivity index (χ2n) is 6.03. The van der Waals surface area contributed by atoms with Crippen LogP contribution in [0.4, 0.5) is 10.5 Å². The lowest BCUT2D eigenvalue weighted by atomic mass is 10.1. The van der Waals surface area contributed by atoms with Crippen LogP contribution in [0.25, 0.3) is 0 Å². The number of urea groups is 1. The van der Waals surface area contributed by atoms with Gasteiger partial charge in [-0.2, -0.15) is 0 Å². The molecule has 1 heterocycles. The zero-order valence-corrected chi connectivity index (χ0v) is 14.5. The molecular weight excluding hydrogens is 304 g/mol. The van der Waals surface area contributed by atoms with Crippen molar-refractivity contribution in [1.29, 1.82) is 0 Å². The average molecular weight is 330 g/mol. The Labute approximate surface area is 143 Å². The van der Waals surface area contributed by atoms with Crippen LogP contribution in [-0.2, 0) is 4.79 Å². The molecule has 3 amide bonds. The Morgan fingerprint density at radius 1 is 1.21 bits per heavy atom. The van der Waals surface area contributed by atoms with Gasteiger partial charge in [-0.1, -0.05) is 18.2 Å². The summed E-state index contributed by atoms with van der Waals surface area (Å²) in [6.07, 6.45) is 1.57. The first kappa shape index (κ1) is 18.0. The molecule has 1 aliphatic rings. The molecule has 0 bridgehead atoms. The first-order valence-electron chi connectivity index (χ1n) is 8.23. The van der Waals surface area contributed by atoms with E-state index in [1.807, 2.05) is 0 Å². The summed E-state index contributed by atoms with van der Waals surface area (Å²) in [5.41, 5.74) is 3.87. The van der Waals surface area contributed by atoms with Gasteiger partial charge in [0.05, 0.1) is 6.54 Å². The van der Waals surface area contributed by atoms with Gasteiger partial charge in [0.1, 0.15) is 0 Å². The number of aryl methyl sites for hydroxylation is 1. The highest BCUT2D eigenvalue weighted by Crippen LogP contribution is 2.23. The molecular formula is C18H26N4O2. The van der Waals surface area contributed by atoms with Gasteiger partial charge in [-0.25, -0.2) is 4.79 Å². The smallest absolute Gasteiger partial charge is 0.321 e. The first-order chi connectivity index (χ1) is 11.5. The summed E-state index contributed by atoms with van der Waals surface area (Å²) >= 11 is 0. The van der Waals surface area contributed by atoms with E-state index < -0.39 is 6.03 Å². The van der Waals surface area contributed by atoms with Crippen LogP contribution in [0.1, 0.15) is 11.1 Å². The van der Waals surface area contributed by atoms with Crippen molar-refractivity contribution < 1.29 is 9.59 Å². The van der Waals surface area contributed by atoms with Crippen LogP contribution in [0.3, 0.4) is 0 Å². The second-order valence-corrected chi connectivity index (χ2v) is 6.03. The number of nitrogens with zero attached hydrogens (tertiary/aromatic N) is 2. The van der Waals surface area contributed by atoms with Gasteiger partial charge >= 0.3 is 6.03 Å². The minimum absolute atomic E-state index is 0.238. The molecule has 0 saturated carbocycles. The number of amides is 3. The van der Waals surface area contributed by atoms with Crippen LogP contribution >= 0.6 is 0 Å². The van der Waals surface area contributed by atoms with Gasteiger partial charge in [0, 0.05) is 38.4 Å². The molecule has 0 unspecified atom stereocenters. The maximum atomic E-state index is 11.9. The van der Waals surface area contributed by atoms with Crippen molar-refractivity contribution >= 4 is 17.6 Å². The van der Waals surface area contributed by atoms with Crippen molar-refractivity contribution in [2.75, 3.05) is 44.2 Å². The number of carbonyl (C=O) groups excluding carboxylic acids is 2. The predicted octanol–water partition coefficient (Wildman–Crippen LogP) is 1.44. The summed E-state index contributed by atoms with van der Waals surface area (Å²) in [4.78, 5) is 27.7. The average Bonchev–Trinajstić information content (AvgIpc) is 2.56. The highest BCUT2D eigenvalue weighted by molar-refractivity contribution is 5.95. The van der Waals surface area contributed by atoms with Crippen molar-refractivity contribution in [3.05, 3.63) is 42.0 Å². The highest BCUT2D eigenvalue weighted by Gasteiger charge is 2.21. The van der Waals surface area contributed by atoms with Gasteiger partial charge in [-0.05, 0) is 31.0 Å². The minimum Gasteiger partial charge on any atom is -0.369 e. The molecule has 2 rings (SSSR count). The van der Waals surface area contributed by atoms with E-state index in [4.69, 9.17) is 0 Å². The summed E-state index contributed by atoms with van der Waals surface area (Å²) in [5.74, 6) is -0.281. The molecule has 24 heavy (non-hydrogen) atoms. The zero-order chi connectivity index (χ0) is 17.5. The maximum Gasteiger partial charge on any atom is 0.321 e. The molecule has 2 N–H and O–H groups in total. The number of benzene rings is 1. The number of hydrogen-bond acceptors (Lipinski definition) is 4. The summed E-state index contributed by atoms with van der Waals surface area (Å²) in [6.45, 7) is 11.7. The number of nitrogens with one attached hydrogen (secondary N) is 2. The first-order valence-corrected chi connectivity index (χ1v) is 8.23. The molecule has 0 aromatic heterocycles. The van der Waals surface area contributed by atoms with E-state index in [0.29, 0.717) is 6.54 Å². The number of piperazine rings is 1. The molecule has 1 saturated heterocycles. The lowest BCUT2D eigenvalue weighted by molar-refractivity contribution is -0.121. The van der Waals surface area contributed by atoms with Crippen molar-refractivity contribution in [3.8, 4) is 0 Å². The Kier molecular flexibility index (Phi) is 6.37. The Bertz CT molecular complexity index is 607. The summed E-state index contributed by atoms with van der Waals surface area (Å²) in [5, 5.41) is 4.85. The third kappa shape index (κ3) is 4.83. The molecule has 1 aromatic carbocycles. The van der Waals surface area contributed by atoms with Crippen LogP contribution in [0, 0.1) is 13.8 Å². The van der Waals surface area contributed by atoms with Gasteiger partial charge < -0.3 is 10.2 Å². The second kappa shape index (κ2) is 8.49. The molecule has 6 heteroatoms. The fourth-order valence-corrected chi connectivity index (χ4v) is 2.80. The SMILES string of the molecule is C=CCNC(=O)NC(=O)CN1CCN(c2cccc(C)c2C)CC1. The molecule has 1 aromatic rings. The fraction of sp³-hybridized carbons (Fsp3) is 0.444. The number of hydrogen-bond donors (Lipinski definition) is 2. The summed E-state index contributed by atoms with van der Waals surface area (Å²) in [6, 6.07) is 5.87. The lowest BCUT2D eigenvalue weighted by Gasteiger charge is -2.36. The number of carbonyl (C=O) groups is 2.